The van der Waals surface area contributed by atoms with E-state index in [1.54, 1.807) is 12.1 Å². The summed E-state index contributed by atoms with van der Waals surface area (Å²) >= 11 is 0. The second-order valence-electron chi connectivity index (χ2n) is 7.44. The van der Waals surface area contributed by atoms with Crippen molar-refractivity contribution in [2.45, 2.75) is 45.6 Å². The second-order valence-corrected chi connectivity index (χ2v) is 7.44. The highest BCUT2D eigenvalue weighted by molar-refractivity contribution is 5.82. The number of piperidine rings is 1. The molecule has 1 aliphatic heterocycles. The van der Waals surface area contributed by atoms with Gasteiger partial charge in [0.05, 0.1) is 11.6 Å². The Kier molecular flexibility index (Phi) is 5.92. The normalized spacial score (nSPS) is 17.6. The molecule has 1 aromatic carbocycles. The Morgan fingerprint density at radius 3 is 2.31 bits per heavy atom. The van der Waals surface area contributed by atoms with E-state index in [0.717, 1.165) is 44.2 Å². The summed E-state index contributed by atoms with van der Waals surface area (Å²) in [6.07, 6.45) is 4.52. The van der Waals surface area contributed by atoms with Crippen LogP contribution in [0.25, 0.3) is 0 Å². The lowest BCUT2D eigenvalue weighted by molar-refractivity contribution is -0.141. The van der Waals surface area contributed by atoms with Gasteiger partial charge in [-0.05, 0) is 49.8 Å². The van der Waals surface area contributed by atoms with Crippen molar-refractivity contribution in [2.75, 3.05) is 19.6 Å². The number of amides is 2. The summed E-state index contributed by atoms with van der Waals surface area (Å²) in [6.45, 7) is 4.82. The van der Waals surface area contributed by atoms with Gasteiger partial charge in [-0.2, -0.15) is 5.26 Å². The van der Waals surface area contributed by atoms with Crippen LogP contribution in [-0.4, -0.2) is 41.2 Å². The number of nitriles is 1. The number of likely N-dealkylation sites (tertiary alicyclic amines) is 1. The molecule has 0 N–H and O–H groups in total. The zero-order chi connectivity index (χ0) is 18.5. The summed E-state index contributed by atoms with van der Waals surface area (Å²) in [7, 11) is 0. The molecule has 3 rings (SSSR count). The van der Waals surface area contributed by atoms with Gasteiger partial charge in [-0.3, -0.25) is 9.59 Å². The standard InChI is InChI=1S/C21H27N3O2/c1-2-11-24(15-17-5-3-16(14-22)4-6-17)21(26)19-9-12-23(13-10-19)20(25)18-7-8-18/h3-6,18-19H,2,7-13,15H2,1H3. The highest BCUT2D eigenvalue weighted by Gasteiger charge is 2.36. The third kappa shape index (κ3) is 4.43. The van der Waals surface area contributed by atoms with Crippen molar-refractivity contribution in [3.8, 4) is 6.07 Å². The molecule has 1 saturated heterocycles. The third-order valence-electron chi connectivity index (χ3n) is 5.34. The SMILES string of the molecule is CCCN(Cc1ccc(C#N)cc1)C(=O)C1CCN(C(=O)C2CC2)CC1. The Morgan fingerprint density at radius 1 is 1.12 bits per heavy atom. The summed E-state index contributed by atoms with van der Waals surface area (Å²) in [6, 6.07) is 9.56. The van der Waals surface area contributed by atoms with Gasteiger partial charge in [-0.15, -0.1) is 0 Å². The first-order valence-corrected chi connectivity index (χ1v) is 9.69. The first kappa shape index (κ1) is 18.4. The van der Waals surface area contributed by atoms with Gasteiger partial charge in [0.25, 0.3) is 0 Å². The van der Waals surface area contributed by atoms with Gasteiger partial charge in [0.2, 0.25) is 11.8 Å². The lowest BCUT2D eigenvalue weighted by Gasteiger charge is -2.34. The molecule has 2 fully saturated rings. The van der Waals surface area contributed by atoms with E-state index in [1.807, 2.05) is 21.9 Å². The number of benzene rings is 1. The van der Waals surface area contributed by atoms with Crippen molar-refractivity contribution in [3.63, 3.8) is 0 Å². The van der Waals surface area contributed by atoms with Gasteiger partial charge < -0.3 is 9.80 Å². The molecule has 138 valence electrons. The highest BCUT2D eigenvalue weighted by atomic mass is 16.2. The maximum Gasteiger partial charge on any atom is 0.226 e. The molecule has 1 aliphatic carbocycles. The Bertz CT molecular complexity index is 680. The summed E-state index contributed by atoms with van der Waals surface area (Å²) < 4.78 is 0. The minimum atomic E-state index is 0.0168. The molecule has 2 aliphatic rings. The lowest BCUT2D eigenvalue weighted by Crippen LogP contribution is -2.44. The van der Waals surface area contributed by atoms with Gasteiger partial charge in [0.1, 0.15) is 0 Å². The van der Waals surface area contributed by atoms with Crippen LogP contribution in [0.3, 0.4) is 0 Å². The van der Waals surface area contributed by atoms with Gasteiger partial charge in [0.15, 0.2) is 0 Å². The fourth-order valence-electron chi connectivity index (χ4n) is 3.64. The molecule has 0 bridgehead atoms. The molecule has 1 saturated carbocycles. The van der Waals surface area contributed by atoms with E-state index in [2.05, 4.69) is 13.0 Å². The maximum absolute atomic E-state index is 13.0. The van der Waals surface area contributed by atoms with Crippen molar-refractivity contribution in [3.05, 3.63) is 35.4 Å². The number of rotatable bonds is 6. The molecule has 0 aromatic heterocycles. The zero-order valence-corrected chi connectivity index (χ0v) is 15.5. The molecule has 0 spiro atoms. The first-order chi connectivity index (χ1) is 12.6. The smallest absolute Gasteiger partial charge is 0.226 e. The van der Waals surface area contributed by atoms with Crippen molar-refractivity contribution in [1.82, 2.24) is 9.80 Å². The fourth-order valence-corrected chi connectivity index (χ4v) is 3.64. The van der Waals surface area contributed by atoms with Crippen molar-refractivity contribution < 1.29 is 9.59 Å². The Balaban J connectivity index is 1.57. The second kappa shape index (κ2) is 8.35. The Labute approximate surface area is 155 Å². The van der Waals surface area contributed by atoms with E-state index in [0.29, 0.717) is 31.1 Å². The van der Waals surface area contributed by atoms with Crippen LogP contribution >= 0.6 is 0 Å². The molecule has 5 nitrogen and oxygen atoms in total. The van der Waals surface area contributed by atoms with Crippen LogP contribution in [0.1, 0.15) is 50.2 Å². The summed E-state index contributed by atoms with van der Waals surface area (Å²) in [5.74, 6) is 0.770. The van der Waals surface area contributed by atoms with Crippen molar-refractivity contribution in [2.24, 2.45) is 11.8 Å². The summed E-state index contributed by atoms with van der Waals surface area (Å²) in [5.41, 5.74) is 1.68. The summed E-state index contributed by atoms with van der Waals surface area (Å²) in [5, 5.41) is 8.91. The molecule has 0 radical (unpaired) electrons. The predicted molar refractivity (Wildman–Crippen MR) is 98.9 cm³/mol. The number of nitrogens with zero attached hydrogens (tertiary/aromatic N) is 3. The molecule has 5 heteroatoms. The van der Waals surface area contributed by atoms with Gasteiger partial charge >= 0.3 is 0 Å². The highest BCUT2D eigenvalue weighted by Crippen LogP contribution is 2.32. The van der Waals surface area contributed by atoms with Crippen LogP contribution in [0.2, 0.25) is 0 Å². The van der Waals surface area contributed by atoms with Crippen LogP contribution in [-0.2, 0) is 16.1 Å². The van der Waals surface area contributed by atoms with E-state index >= 15 is 0 Å². The molecule has 2 amide bonds. The Hall–Kier alpha value is -2.35. The van der Waals surface area contributed by atoms with Gasteiger partial charge in [-0.25, -0.2) is 0 Å². The van der Waals surface area contributed by atoms with Crippen molar-refractivity contribution >= 4 is 11.8 Å². The molecular formula is C21H27N3O2. The maximum atomic E-state index is 13.0. The van der Waals surface area contributed by atoms with E-state index in [9.17, 15) is 9.59 Å². The average Bonchev–Trinajstić information content (AvgIpc) is 3.52. The zero-order valence-electron chi connectivity index (χ0n) is 15.5. The number of carbonyl (C=O) groups excluding carboxylic acids is 2. The quantitative estimate of drug-likeness (QED) is 0.790. The Morgan fingerprint density at radius 2 is 1.77 bits per heavy atom. The van der Waals surface area contributed by atoms with E-state index in [-0.39, 0.29) is 17.7 Å². The van der Waals surface area contributed by atoms with E-state index in [4.69, 9.17) is 5.26 Å². The summed E-state index contributed by atoms with van der Waals surface area (Å²) in [4.78, 5) is 29.1. The molecule has 1 aromatic rings. The monoisotopic (exact) mass is 353 g/mol. The molecule has 1 heterocycles. The average molecular weight is 353 g/mol. The van der Waals surface area contributed by atoms with Crippen LogP contribution in [0.15, 0.2) is 24.3 Å². The third-order valence-corrected chi connectivity index (χ3v) is 5.34. The lowest BCUT2D eigenvalue weighted by atomic mass is 9.94. The largest absolute Gasteiger partial charge is 0.342 e. The number of hydrogen-bond acceptors (Lipinski definition) is 3. The van der Waals surface area contributed by atoms with Crippen LogP contribution in [0, 0.1) is 23.2 Å². The van der Waals surface area contributed by atoms with E-state index < -0.39 is 0 Å². The first-order valence-electron chi connectivity index (χ1n) is 9.69. The van der Waals surface area contributed by atoms with Crippen molar-refractivity contribution in [1.29, 1.82) is 5.26 Å². The fraction of sp³-hybridized carbons (Fsp3) is 0.571. The minimum absolute atomic E-state index is 0.0168. The van der Waals surface area contributed by atoms with Crippen LogP contribution in [0.4, 0.5) is 0 Å². The van der Waals surface area contributed by atoms with Crippen LogP contribution in [0.5, 0.6) is 0 Å². The molecule has 0 atom stereocenters. The topological polar surface area (TPSA) is 64.4 Å². The minimum Gasteiger partial charge on any atom is -0.342 e. The van der Waals surface area contributed by atoms with Crippen LogP contribution < -0.4 is 0 Å². The van der Waals surface area contributed by atoms with Gasteiger partial charge in [-0.1, -0.05) is 19.1 Å². The molecule has 26 heavy (non-hydrogen) atoms. The molecule has 0 unspecified atom stereocenters. The van der Waals surface area contributed by atoms with E-state index in [1.165, 1.54) is 0 Å². The number of carbonyl (C=O) groups is 2. The predicted octanol–water partition coefficient (Wildman–Crippen LogP) is 2.95. The number of hydrogen-bond donors (Lipinski definition) is 0. The van der Waals surface area contributed by atoms with Gasteiger partial charge in [0, 0.05) is 38.0 Å². The molecular weight excluding hydrogens is 326 g/mol.